The van der Waals surface area contributed by atoms with Gasteiger partial charge >= 0.3 is 59.1 Å². The van der Waals surface area contributed by atoms with Crippen molar-refractivity contribution in [3.8, 4) is 0 Å². The molecule has 14 heteroatoms. The third-order valence-corrected chi connectivity index (χ3v) is 4.35. The molecule has 1 fully saturated rings. The number of rotatable bonds is 3. The number of imidazole rings is 1. The number of nitrogens with zero attached hydrogens (tertiary/aromatic N) is 4. The van der Waals surface area contributed by atoms with Crippen molar-refractivity contribution >= 4 is 30.6 Å². The third-order valence-electron chi connectivity index (χ3n) is 3.69. The van der Waals surface area contributed by atoms with Crippen molar-refractivity contribution in [1.29, 1.82) is 0 Å². The smallest absolute Gasteiger partial charge is 0.810 e. The second-order valence-corrected chi connectivity index (χ2v) is 6.86. The van der Waals surface area contributed by atoms with Gasteiger partial charge in [-0.25, -0.2) is 4.98 Å². The van der Waals surface area contributed by atoms with Crippen LogP contribution in [0.5, 0.6) is 0 Å². The summed E-state index contributed by atoms with van der Waals surface area (Å²) in [5.74, 6) is -0.774. The van der Waals surface area contributed by atoms with Crippen LogP contribution < -0.4 is 80.2 Å². The number of carbonyl (C=O) groups is 1. The maximum atomic E-state index is 11.8. The van der Waals surface area contributed by atoms with Crippen molar-refractivity contribution in [2.45, 2.75) is 12.5 Å². The molecule has 2 aromatic rings. The Labute approximate surface area is 186 Å². The van der Waals surface area contributed by atoms with Crippen molar-refractivity contribution in [3.63, 3.8) is 0 Å². The minimum atomic E-state index is -4.89. The van der Waals surface area contributed by atoms with Gasteiger partial charge in [-0.1, -0.05) is 7.60 Å². The second kappa shape index (κ2) is 8.64. The van der Waals surface area contributed by atoms with E-state index in [1.54, 1.807) is 4.57 Å². The fourth-order valence-corrected chi connectivity index (χ4v) is 3.20. The first-order chi connectivity index (χ1) is 10.7. The normalized spacial score (nSPS) is 17.2. The van der Waals surface area contributed by atoms with Gasteiger partial charge in [0.15, 0.2) is 11.2 Å². The minimum absolute atomic E-state index is 0. The molecule has 0 radical (unpaired) electrons. The van der Waals surface area contributed by atoms with Crippen LogP contribution in [0.2, 0.25) is 0 Å². The molecule has 0 saturated carbocycles. The number of aromatic nitrogens is 4. The minimum Gasteiger partial charge on any atom is -0.810 e. The Bertz CT molecular complexity index is 879. The number of hydrogen-bond donors (Lipinski definition) is 2. The molecule has 3 heterocycles. The summed E-state index contributed by atoms with van der Waals surface area (Å²) in [4.78, 5) is 56.6. The van der Waals surface area contributed by atoms with E-state index in [-0.39, 0.29) is 83.2 Å². The number of amides is 1. The van der Waals surface area contributed by atoms with Crippen molar-refractivity contribution in [2.24, 2.45) is 0 Å². The molecule has 0 aliphatic carbocycles. The summed E-state index contributed by atoms with van der Waals surface area (Å²) in [6, 6.07) is -0.227. The number of fused-ring (bicyclic) bond motifs is 1. The molecular weight excluding hydrogens is 373 g/mol. The largest absolute Gasteiger partial charge is 1.00 e. The van der Waals surface area contributed by atoms with Gasteiger partial charge in [0, 0.05) is 13.1 Å². The number of hydrogen-bond acceptors (Lipinski definition) is 8. The molecule has 2 aromatic heterocycles. The Morgan fingerprint density at radius 2 is 2.12 bits per heavy atom. The van der Waals surface area contributed by atoms with Crippen molar-refractivity contribution < 1.29 is 78.3 Å². The van der Waals surface area contributed by atoms with Gasteiger partial charge in [0.1, 0.15) is 0 Å². The number of anilines is 1. The Hall–Kier alpha value is -0.230. The molecule has 3 N–H and O–H groups in total. The first kappa shape index (κ1) is 22.8. The van der Waals surface area contributed by atoms with Crippen molar-refractivity contribution in [1.82, 2.24) is 24.4 Å². The summed E-state index contributed by atoms with van der Waals surface area (Å²) in [6.45, 7) is 0.514. The number of nitrogen functional groups attached to an aromatic ring is 1. The molecule has 1 atom stereocenters. The van der Waals surface area contributed by atoms with Gasteiger partial charge in [0.25, 0.3) is 5.56 Å². The number of nitrogens with one attached hydrogen (secondary N) is 1. The molecule has 1 amide bonds. The van der Waals surface area contributed by atoms with E-state index in [1.807, 2.05) is 0 Å². The Kier molecular flexibility index (Phi) is 7.88. The van der Waals surface area contributed by atoms with E-state index in [1.165, 1.54) is 11.2 Å². The Balaban J connectivity index is 0.00000156. The molecule has 1 saturated heterocycles. The van der Waals surface area contributed by atoms with E-state index in [2.05, 4.69) is 15.0 Å². The van der Waals surface area contributed by atoms with E-state index < -0.39 is 25.2 Å². The fourth-order valence-electron chi connectivity index (χ4n) is 2.67. The van der Waals surface area contributed by atoms with Crippen LogP contribution in [0.3, 0.4) is 0 Å². The van der Waals surface area contributed by atoms with Gasteiger partial charge in [0.2, 0.25) is 11.9 Å². The van der Waals surface area contributed by atoms with Crippen LogP contribution in [0.15, 0.2) is 11.1 Å². The average molecular weight is 386 g/mol. The molecule has 1 aliphatic heterocycles. The SMILES string of the molecule is Nc1nc2c(ncn2[C@H]2CCN(C(=O)CP(=O)([O-])[O-])C2)c(=O)[nH]1.[Na+].[Na+]. The van der Waals surface area contributed by atoms with Crippen LogP contribution >= 0.6 is 7.60 Å². The Morgan fingerprint density at radius 3 is 2.76 bits per heavy atom. The van der Waals surface area contributed by atoms with Crippen molar-refractivity contribution in [3.05, 3.63) is 16.7 Å². The molecule has 3 rings (SSSR count). The van der Waals surface area contributed by atoms with E-state index in [0.717, 1.165) is 0 Å². The summed E-state index contributed by atoms with van der Waals surface area (Å²) in [7, 11) is -4.89. The molecule has 25 heavy (non-hydrogen) atoms. The molecule has 124 valence electrons. The number of likely N-dealkylation sites (tertiary alicyclic amines) is 1. The standard InChI is InChI=1S/C11H15N6O5P.2Na/c12-11-14-9-8(10(19)15-11)13-5-17(9)6-1-2-16(3-6)7(18)4-23(20,21)22;;/h5-6H,1-4H2,(H2,20,21,22)(H3,12,14,15,19);;/q;2*+1/p-2/t6-;;/m0../s1. The zero-order valence-electron chi connectivity index (χ0n) is 13.8. The first-order valence-corrected chi connectivity index (χ1v) is 8.48. The topological polar surface area (TPSA) is 173 Å². The van der Waals surface area contributed by atoms with Gasteiger partial charge in [-0.05, 0) is 6.42 Å². The monoisotopic (exact) mass is 386 g/mol. The molecular formula is C11H13N6Na2O5P. The van der Waals surface area contributed by atoms with Gasteiger partial charge in [-0.15, -0.1) is 0 Å². The maximum Gasteiger partial charge on any atom is 1.00 e. The average Bonchev–Trinajstić information content (AvgIpc) is 3.01. The van der Waals surface area contributed by atoms with Crippen LogP contribution in [0.4, 0.5) is 5.95 Å². The van der Waals surface area contributed by atoms with Crippen molar-refractivity contribution in [2.75, 3.05) is 25.0 Å². The van der Waals surface area contributed by atoms with E-state index in [9.17, 15) is 23.9 Å². The van der Waals surface area contributed by atoms with E-state index in [4.69, 9.17) is 5.73 Å². The summed E-state index contributed by atoms with van der Waals surface area (Å²) >= 11 is 0. The summed E-state index contributed by atoms with van der Waals surface area (Å²) in [6.07, 6.45) is 0.917. The van der Waals surface area contributed by atoms with Gasteiger partial charge < -0.3 is 29.6 Å². The summed E-state index contributed by atoms with van der Waals surface area (Å²) < 4.78 is 12.3. The number of nitrogens with two attached hydrogens (primary N) is 1. The number of H-pyrrole nitrogens is 1. The van der Waals surface area contributed by atoms with Crippen LogP contribution in [0, 0.1) is 0 Å². The summed E-state index contributed by atoms with van der Waals surface area (Å²) in [5.41, 5.74) is 5.49. The van der Waals surface area contributed by atoms with Crippen LogP contribution in [-0.2, 0) is 9.36 Å². The molecule has 1 aliphatic rings. The molecule has 0 spiro atoms. The predicted octanol–water partition coefficient (Wildman–Crippen LogP) is -8.60. The van der Waals surface area contributed by atoms with Crippen LogP contribution in [0.1, 0.15) is 12.5 Å². The predicted molar refractivity (Wildman–Crippen MR) is 75.3 cm³/mol. The number of carbonyl (C=O) groups excluding carboxylic acids is 1. The van der Waals surface area contributed by atoms with Gasteiger partial charge in [-0.2, -0.15) is 4.98 Å². The van der Waals surface area contributed by atoms with E-state index in [0.29, 0.717) is 18.6 Å². The second-order valence-electron chi connectivity index (χ2n) is 5.33. The zero-order chi connectivity index (χ0) is 16.8. The number of aromatic amines is 1. The fraction of sp³-hybridized carbons (Fsp3) is 0.455. The third kappa shape index (κ3) is 5.15. The van der Waals surface area contributed by atoms with E-state index >= 15 is 0 Å². The molecule has 0 bridgehead atoms. The van der Waals surface area contributed by atoms with Crippen LogP contribution in [0.25, 0.3) is 11.2 Å². The van der Waals surface area contributed by atoms with Gasteiger partial charge in [-0.3, -0.25) is 14.6 Å². The van der Waals surface area contributed by atoms with Crippen LogP contribution in [-0.4, -0.2) is 49.6 Å². The summed E-state index contributed by atoms with van der Waals surface area (Å²) in [5, 5.41) is 0. The first-order valence-electron chi connectivity index (χ1n) is 6.76. The maximum absolute atomic E-state index is 11.8. The molecule has 11 nitrogen and oxygen atoms in total. The molecule has 0 aromatic carbocycles. The van der Waals surface area contributed by atoms with Gasteiger partial charge in [0.05, 0.1) is 18.5 Å². The zero-order valence-corrected chi connectivity index (χ0v) is 18.7. The molecule has 0 unspecified atom stereocenters. The quantitative estimate of drug-likeness (QED) is 0.386. The Morgan fingerprint density at radius 1 is 1.44 bits per heavy atom.